The molecule has 1 aliphatic heterocycles. The van der Waals surface area contributed by atoms with Gasteiger partial charge in [0.05, 0.1) is 6.61 Å². The number of halogens is 2. The molecule has 1 saturated heterocycles. The van der Waals surface area contributed by atoms with Crippen LogP contribution in [0, 0.1) is 0 Å². The maximum atomic E-state index is 11.4. The summed E-state index contributed by atoms with van der Waals surface area (Å²) < 4.78 is 15.1. The molecule has 0 radical (unpaired) electrons. The molecule has 0 bridgehead atoms. The monoisotopic (exact) mass is 372 g/mol. The van der Waals surface area contributed by atoms with E-state index < -0.39 is 4.70 Å². The number of ether oxygens (including phenoxy) is 3. The number of esters is 1. The standard InChI is InChI=1S/C11H18Br2O4/c1-11(13)16-8-9(17-11)7-15-10(14)5-3-2-4-6-12/h9H,2-8H2,1H3. The van der Waals surface area contributed by atoms with Crippen molar-refractivity contribution in [1.82, 2.24) is 0 Å². The van der Waals surface area contributed by atoms with Gasteiger partial charge in [0.1, 0.15) is 12.7 Å². The predicted octanol–water partition coefficient (Wildman–Crippen LogP) is 2.97. The topological polar surface area (TPSA) is 44.8 Å². The fourth-order valence-corrected chi connectivity index (χ4v) is 2.28. The van der Waals surface area contributed by atoms with Crippen molar-refractivity contribution in [1.29, 1.82) is 0 Å². The molecule has 1 aliphatic rings. The number of unbranched alkanes of at least 4 members (excludes halogenated alkanes) is 2. The first-order chi connectivity index (χ1) is 8.03. The summed E-state index contributed by atoms with van der Waals surface area (Å²) in [5.41, 5.74) is 0. The van der Waals surface area contributed by atoms with Gasteiger partial charge in [0.15, 0.2) is 0 Å². The van der Waals surface area contributed by atoms with Crippen molar-refractivity contribution in [3.8, 4) is 0 Å². The normalized spacial score (nSPS) is 28.3. The van der Waals surface area contributed by atoms with Crippen LogP contribution in [0.4, 0.5) is 0 Å². The smallest absolute Gasteiger partial charge is 0.305 e. The highest BCUT2D eigenvalue weighted by molar-refractivity contribution is 9.10. The quantitative estimate of drug-likeness (QED) is 0.391. The van der Waals surface area contributed by atoms with Gasteiger partial charge in [-0.05, 0) is 28.8 Å². The Morgan fingerprint density at radius 2 is 2.24 bits per heavy atom. The van der Waals surface area contributed by atoms with Gasteiger partial charge >= 0.3 is 5.97 Å². The van der Waals surface area contributed by atoms with Crippen molar-refractivity contribution >= 4 is 37.8 Å². The molecule has 0 aromatic carbocycles. The second kappa shape index (κ2) is 7.71. The molecule has 1 heterocycles. The number of alkyl halides is 2. The van der Waals surface area contributed by atoms with E-state index in [-0.39, 0.29) is 18.7 Å². The molecule has 0 aliphatic carbocycles. The van der Waals surface area contributed by atoms with Crippen molar-refractivity contribution in [3.63, 3.8) is 0 Å². The molecule has 0 aromatic heterocycles. The molecule has 1 fully saturated rings. The first-order valence-electron chi connectivity index (χ1n) is 5.76. The van der Waals surface area contributed by atoms with E-state index >= 15 is 0 Å². The van der Waals surface area contributed by atoms with Crippen LogP contribution in [0.1, 0.15) is 32.6 Å². The van der Waals surface area contributed by atoms with Crippen molar-refractivity contribution in [2.24, 2.45) is 0 Å². The van der Waals surface area contributed by atoms with E-state index in [1.807, 2.05) is 0 Å². The fraction of sp³-hybridized carbons (Fsp3) is 0.909. The van der Waals surface area contributed by atoms with E-state index in [2.05, 4.69) is 31.9 Å². The highest BCUT2D eigenvalue weighted by Gasteiger charge is 2.35. The van der Waals surface area contributed by atoms with Crippen LogP contribution in [0.2, 0.25) is 0 Å². The molecule has 4 nitrogen and oxygen atoms in total. The van der Waals surface area contributed by atoms with Gasteiger partial charge in [-0.3, -0.25) is 4.79 Å². The third-order valence-corrected chi connectivity index (χ3v) is 3.33. The first kappa shape index (κ1) is 15.4. The lowest BCUT2D eigenvalue weighted by molar-refractivity contribution is -0.148. The highest BCUT2D eigenvalue weighted by atomic mass is 79.9. The summed E-state index contributed by atoms with van der Waals surface area (Å²) in [4.78, 5) is 11.4. The maximum Gasteiger partial charge on any atom is 0.305 e. The molecule has 2 unspecified atom stereocenters. The zero-order valence-corrected chi connectivity index (χ0v) is 13.1. The molecule has 0 N–H and O–H groups in total. The number of hydrogen-bond acceptors (Lipinski definition) is 4. The largest absolute Gasteiger partial charge is 0.463 e. The summed E-state index contributed by atoms with van der Waals surface area (Å²) in [6, 6.07) is 0. The van der Waals surface area contributed by atoms with Crippen LogP contribution in [0.25, 0.3) is 0 Å². The summed E-state index contributed by atoms with van der Waals surface area (Å²) >= 11 is 6.61. The average Bonchev–Trinajstić information content (AvgIpc) is 2.62. The minimum absolute atomic E-state index is 0.161. The van der Waals surface area contributed by atoms with Crippen LogP contribution in [0.5, 0.6) is 0 Å². The van der Waals surface area contributed by atoms with Gasteiger partial charge in [-0.2, -0.15) is 0 Å². The van der Waals surface area contributed by atoms with Crippen molar-refractivity contribution in [2.45, 2.75) is 43.4 Å². The molecule has 6 heteroatoms. The number of hydrogen-bond donors (Lipinski definition) is 0. The van der Waals surface area contributed by atoms with Crippen molar-refractivity contribution in [2.75, 3.05) is 18.5 Å². The van der Waals surface area contributed by atoms with Gasteiger partial charge in [0.25, 0.3) is 0 Å². The van der Waals surface area contributed by atoms with Crippen LogP contribution >= 0.6 is 31.9 Å². The molecule has 17 heavy (non-hydrogen) atoms. The van der Waals surface area contributed by atoms with E-state index in [1.54, 1.807) is 6.92 Å². The Kier molecular flexibility index (Phi) is 6.99. The lowest BCUT2D eigenvalue weighted by atomic mass is 10.2. The van der Waals surface area contributed by atoms with Gasteiger partial charge in [0.2, 0.25) is 4.70 Å². The van der Waals surface area contributed by atoms with E-state index in [0.29, 0.717) is 13.0 Å². The Bertz CT molecular complexity index is 246. The first-order valence-corrected chi connectivity index (χ1v) is 7.67. The molecule has 0 spiro atoms. The number of rotatable bonds is 7. The molecule has 2 atom stereocenters. The van der Waals surface area contributed by atoms with Crippen LogP contribution < -0.4 is 0 Å². The minimum atomic E-state index is -0.736. The van der Waals surface area contributed by atoms with Gasteiger partial charge in [-0.25, -0.2) is 0 Å². The third-order valence-electron chi connectivity index (χ3n) is 2.35. The Morgan fingerprint density at radius 1 is 1.47 bits per heavy atom. The summed E-state index contributed by atoms with van der Waals surface area (Å²) in [5, 5.41) is 0.985. The summed E-state index contributed by atoms with van der Waals surface area (Å²) in [7, 11) is 0. The van der Waals surface area contributed by atoms with E-state index in [9.17, 15) is 4.79 Å². The second-order valence-corrected chi connectivity index (χ2v) is 6.30. The lowest BCUT2D eigenvalue weighted by Crippen LogP contribution is -2.23. The lowest BCUT2D eigenvalue weighted by Gasteiger charge is -2.14. The van der Waals surface area contributed by atoms with Gasteiger partial charge in [-0.15, -0.1) is 0 Å². The number of carbonyl (C=O) groups is 1. The molecule has 0 amide bonds. The van der Waals surface area contributed by atoms with E-state index in [0.717, 1.165) is 24.6 Å². The summed E-state index contributed by atoms with van der Waals surface area (Å²) in [6.45, 7) is 2.48. The molecular weight excluding hydrogens is 356 g/mol. The minimum Gasteiger partial charge on any atom is -0.463 e. The fourth-order valence-electron chi connectivity index (χ4n) is 1.49. The van der Waals surface area contributed by atoms with E-state index in [4.69, 9.17) is 14.2 Å². The third kappa shape index (κ3) is 6.74. The zero-order chi connectivity index (χ0) is 12.7. The maximum absolute atomic E-state index is 11.4. The Labute approximate surface area is 119 Å². The van der Waals surface area contributed by atoms with E-state index in [1.165, 1.54) is 0 Å². The molecule has 100 valence electrons. The average molecular weight is 374 g/mol. The second-order valence-electron chi connectivity index (χ2n) is 4.07. The molecule has 1 rings (SSSR count). The van der Waals surface area contributed by atoms with Crippen LogP contribution in [0.3, 0.4) is 0 Å². The van der Waals surface area contributed by atoms with Gasteiger partial charge in [-0.1, -0.05) is 22.4 Å². The zero-order valence-electron chi connectivity index (χ0n) is 9.92. The molecular formula is C11H18Br2O4. The SMILES string of the molecule is CC1(Br)OCC(COC(=O)CCCCCBr)O1. The van der Waals surface area contributed by atoms with Crippen molar-refractivity contribution in [3.05, 3.63) is 0 Å². The van der Waals surface area contributed by atoms with Crippen LogP contribution in [0.15, 0.2) is 0 Å². The predicted molar refractivity (Wildman–Crippen MR) is 71.4 cm³/mol. The molecule has 0 saturated carbocycles. The van der Waals surface area contributed by atoms with Crippen LogP contribution in [-0.2, 0) is 19.0 Å². The Hall–Kier alpha value is 0.350. The van der Waals surface area contributed by atoms with Gasteiger partial charge < -0.3 is 14.2 Å². The highest BCUT2D eigenvalue weighted by Crippen LogP contribution is 2.29. The van der Waals surface area contributed by atoms with Gasteiger partial charge in [0, 0.05) is 18.7 Å². The molecule has 0 aromatic rings. The number of carbonyl (C=O) groups excluding carboxylic acids is 1. The Morgan fingerprint density at radius 3 is 2.82 bits per heavy atom. The summed E-state index contributed by atoms with van der Waals surface area (Å²) in [5.74, 6) is -0.161. The Balaban J connectivity index is 2.04. The van der Waals surface area contributed by atoms with Crippen LogP contribution in [-0.4, -0.2) is 35.3 Å². The summed E-state index contributed by atoms with van der Waals surface area (Å²) in [6.07, 6.45) is 3.32. The van der Waals surface area contributed by atoms with Crippen molar-refractivity contribution < 1.29 is 19.0 Å².